The van der Waals surface area contributed by atoms with E-state index in [1.807, 2.05) is 0 Å². The van der Waals surface area contributed by atoms with Gasteiger partial charge >= 0.3 is 5.97 Å². The van der Waals surface area contributed by atoms with Gasteiger partial charge in [0.1, 0.15) is 23.7 Å². The lowest BCUT2D eigenvalue weighted by Crippen LogP contribution is -2.31. The molecule has 0 saturated carbocycles. The zero-order valence-corrected chi connectivity index (χ0v) is 11.5. The Hall–Kier alpha value is -2.36. The van der Waals surface area contributed by atoms with Gasteiger partial charge in [-0.05, 0) is 13.0 Å². The first-order valence-corrected chi connectivity index (χ1v) is 7.00. The van der Waals surface area contributed by atoms with Crippen LogP contribution in [0.5, 0.6) is 0 Å². The van der Waals surface area contributed by atoms with Crippen LogP contribution in [0.4, 0.5) is 0 Å². The molecule has 0 saturated heterocycles. The summed E-state index contributed by atoms with van der Waals surface area (Å²) in [7, 11) is -4.07. The Labute approximate surface area is 116 Å². The second kappa shape index (κ2) is 6.19. The Kier molecular flexibility index (Phi) is 4.86. The van der Waals surface area contributed by atoms with Crippen molar-refractivity contribution in [3.05, 3.63) is 18.0 Å². The van der Waals surface area contributed by atoms with E-state index in [1.54, 1.807) is 19.1 Å². The number of hydrogen-bond donors (Lipinski definition) is 1. The van der Waals surface area contributed by atoms with Crippen molar-refractivity contribution >= 4 is 16.0 Å². The molecular formula is C11H12N4O4S. The van der Waals surface area contributed by atoms with Gasteiger partial charge in [0.05, 0.1) is 12.1 Å². The Morgan fingerprint density at radius 2 is 1.95 bits per heavy atom. The van der Waals surface area contributed by atoms with E-state index in [0.717, 1.165) is 6.07 Å². The number of carboxylic acids is 1. The standard InChI is InChI=1S/C11H12N4O4S/c1-2-14-8-9(7-10(14)11(16)17)20(18,19)15(5-3-12)6-4-13/h7-8H,2,5-6H2,1H3,(H,16,17). The second-order valence-corrected chi connectivity index (χ2v) is 5.68. The molecule has 1 aromatic heterocycles. The van der Waals surface area contributed by atoms with Crippen LogP contribution >= 0.6 is 0 Å². The highest BCUT2D eigenvalue weighted by Gasteiger charge is 2.27. The molecule has 106 valence electrons. The number of rotatable bonds is 6. The topological polar surface area (TPSA) is 127 Å². The van der Waals surface area contributed by atoms with Crippen LogP contribution in [0.2, 0.25) is 0 Å². The summed E-state index contributed by atoms with van der Waals surface area (Å²) in [5.74, 6) is -1.25. The molecule has 20 heavy (non-hydrogen) atoms. The van der Waals surface area contributed by atoms with Crippen LogP contribution < -0.4 is 0 Å². The van der Waals surface area contributed by atoms with Crippen LogP contribution in [0, 0.1) is 22.7 Å². The predicted molar refractivity (Wildman–Crippen MR) is 67.1 cm³/mol. The fourth-order valence-electron chi connectivity index (χ4n) is 1.60. The molecule has 0 fully saturated rings. The zero-order valence-electron chi connectivity index (χ0n) is 10.6. The fraction of sp³-hybridized carbons (Fsp3) is 0.364. The van der Waals surface area contributed by atoms with Gasteiger partial charge < -0.3 is 9.67 Å². The van der Waals surface area contributed by atoms with Gasteiger partial charge in [-0.2, -0.15) is 14.8 Å². The number of aryl methyl sites for hydroxylation is 1. The molecule has 1 rings (SSSR count). The van der Waals surface area contributed by atoms with Gasteiger partial charge in [-0.3, -0.25) is 0 Å². The SMILES string of the molecule is CCn1cc(S(=O)(=O)N(CC#N)CC#N)cc1C(=O)O. The highest BCUT2D eigenvalue weighted by molar-refractivity contribution is 7.89. The second-order valence-electron chi connectivity index (χ2n) is 3.74. The summed E-state index contributed by atoms with van der Waals surface area (Å²) in [5.41, 5.74) is -0.167. The first-order chi connectivity index (χ1) is 9.38. The summed E-state index contributed by atoms with van der Waals surface area (Å²) in [5, 5.41) is 26.2. The molecule has 0 bridgehead atoms. The lowest BCUT2D eigenvalue weighted by Gasteiger charge is -2.14. The number of aromatic nitrogens is 1. The third kappa shape index (κ3) is 2.96. The Morgan fingerprint density at radius 3 is 2.30 bits per heavy atom. The number of nitrogens with zero attached hydrogens (tertiary/aromatic N) is 4. The summed E-state index contributed by atoms with van der Waals surface area (Å²) in [6, 6.07) is 4.34. The molecular weight excluding hydrogens is 284 g/mol. The Balaban J connectivity index is 3.32. The molecule has 8 nitrogen and oxygen atoms in total. The predicted octanol–water partition coefficient (Wildman–Crippen LogP) is 0.244. The number of sulfonamides is 1. The summed E-state index contributed by atoms with van der Waals surface area (Å²) in [6.07, 6.45) is 1.18. The van der Waals surface area contributed by atoms with Crippen molar-refractivity contribution in [3.63, 3.8) is 0 Å². The molecule has 1 heterocycles. The maximum atomic E-state index is 12.2. The summed E-state index contributed by atoms with van der Waals surface area (Å²) < 4.78 is 26.4. The van der Waals surface area contributed by atoms with Gasteiger partial charge in [0.15, 0.2) is 0 Å². The number of carboxylic acid groups (broad SMARTS) is 1. The monoisotopic (exact) mass is 296 g/mol. The van der Waals surface area contributed by atoms with Gasteiger partial charge in [-0.1, -0.05) is 0 Å². The van der Waals surface area contributed by atoms with E-state index in [1.165, 1.54) is 10.8 Å². The van der Waals surface area contributed by atoms with Gasteiger partial charge in [0, 0.05) is 12.7 Å². The summed E-state index contributed by atoms with van der Waals surface area (Å²) >= 11 is 0. The number of aromatic carboxylic acids is 1. The van der Waals surface area contributed by atoms with Gasteiger partial charge in [0.2, 0.25) is 10.0 Å². The van der Waals surface area contributed by atoms with E-state index in [4.69, 9.17) is 15.6 Å². The molecule has 0 unspecified atom stereocenters. The van der Waals surface area contributed by atoms with Crippen molar-refractivity contribution in [2.24, 2.45) is 0 Å². The third-order valence-electron chi connectivity index (χ3n) is 2.56. The van der Waals surface area contributed by atoms with Crippen LogP contribution in [0.25, 0.3) is 0 Å². The van der Waals surface area contributed by atoms with E-state index in [0.29, 0.717) is 4.31 Å². The number of nitriles is 2. The molecule has 0 amide bonds. The zero-order chi connectivity index (χ0) is 15.3. The summed E-state index contributed by atoms with van der Waals surface area (Å²) in [6.45, 7) is 1.00. The van der Waals surface area contributed by atoms with Crippen molar-refractivity contribution in [2.75, 3.05) is 13.1 Å². The molecule has 1 aromatic rings. The average molecular weight is 296 g/mol. The smallest absolute Gasteiger partial charge is 0.352 e. The molecule has 0 aliphatic heterocycles. The van der Waals surface area contributed by atoms with E-state index in [9.17, 15) is 13.2 Å². The average Bonchev–Trinajstić information content (AvgIpc) is 2.83. The number of hydrogen-bond acceptors (Lipinski definition) is 5. The molecule has 0 aliphatic rings. The summed E-state index contributed by atoms with van der Waals surface area (Å²) in [4.78, 5) is 10.8. The molecule has 0 radical (unpaired) electrons. The number of carbonyl (C=O) groups is 1. The quantitative estimate of drug-likeness (QED) is 0.749. The molecule has 0 spiro atoms. The maximum absolute atomic E-state index is 12.2. The van der Waals surface area contributed by atoms with Crippen molar-refractivity contribution in [2.45, 2.75) is 18.4 Å². The van der Waals surface area contributed by atoms with Crippen molar-refractivity contribution < 1.29 is 18.3 Å². The normalized spacial score (nSPS) is 11.0. The first kappa shape index (κ1) is 15.7. The Morgan fingerprint density at radius 1 is 1.40 bits per heavy atom. The minimum absolute atomic E-state index is 0.167. The van der Waals surface area contributed by atoms with E-state index < -0.39 is 29.1 Å². The van der Waals surface area contributed by atoms with Gasteiger partial charge in [0.25, 0.3) is 0 Å². The van der Waals surface area contributed by atoms with Gasteiger partial charge in [-0.25, -0.2) is 13.2 Å². The van der Waals surface area contributed by atoms with E-state index >= 15 is 0 Å². The fourth-order valence-corrected chi connectivity index (χ4v) is 2.87. The lowest BCUT2D eigenvalue weighted by atomic mass is 10.4. The first-order valence-electron chi connectivity index (χ1n) is 5.56. The molecule has 0 aliphatic carbocycles. The van der Waals surface area contributed by atoms with Crippen LogP contribution in [0.3, 0.4) is 0 Å². The van der Waals surface area contributed by atoms with Gasteiger partial charge in [-0.15, -0.1) is 0 Å². The van der Waals surface area contributed by atoms with E-state index in [2.05, 4.69) is 0 Å². The van der Waals surface area contributed by atoms with Crippen LogP contribution in [-0.4, -0.2) is 41.5 Å². The minimum Gasteiger partial charge on any atom is -0.477 e. The highest BCUT2D eigenvalue weighted by atomic mass is 32.2. The molecule has 0 atom stereocenters. The van der Waals surface area contributed by atoms with E-state index in [-0.39, 0.29) is 17.1 Å². The molecule has 0 aromatic carbocycles. The largest absolute Gasteiger partial charge is 0.477 e. The van der Waals surface area contributed by atoms with Crippen LogP contribution in [0.15, 0.2) is 17.2 Å². The molecule has 9 heteroatoms. The van der Waals surface area contributed by atoms with Crippen molar-refractivity contribution in [1.29, 1.82) is 10.5 Å². The van der Waals surface area contributed by atoms with Crippen molar-refractivity contribution in [3.8, 4) is 12.1 Å². The van der Waals surface area contributed by atoms with Crippen LogP contribution in [0.1, 0.15) is 17.4 Å². The highest BCUT2D eigenvalue weighted by Crippen LogP contribution is 2.19. The van der Waals surface area contributed by atoms with Crippen molar-refractivity contribution in [1.82, 2.24) is 8.87 Å². The third-order valence-corrected chi connectivity index (χ3v) is 4.32. The Bertz CT molecular complexity index is 677. The maximum Gasteiger partial charge on any atom is 0.352 e. The lowest BCUT2D eigenvalue weighted by molar-refractivity contribution is 0.0685. The minimum atomic E-state index is -4.07. The van der Waals surface area contributed by atoms with Crippen LogP contribution in [-0.2, 0) is 16.6 Å². The molecule has 1 N–H and O–H groups in total.